The van der Waals surface area contributed by atoms with E-state index in [-0.39, 0.29) is 5.92 Å². The SMILES string of the molecule is O=C([C@@H]1CCCNC1)N1CCCN2CCCC2C1. The Bertz CT molecular complexity index is 301. The summed E-state index contributed by atoms with van der Waals surface area (Å²) in [7, 11) is 0. The summed E-state index contributed by atoms with van der Waals surface area (Å²) in [4.78, 5) is 17.3. The van der Waals surface area contributed by atoms with Crippen molar-refractivity contribution in [2.45, 2.75) is 38.1 Å². The summed E-state index contributed by atoms with van der Waals surface area (Å²) in [5.41, 5.74) is 0. The van der Waals surface area contributed by atoms with Crippen molar-refractivity contribution in [3.8, 4) is 0 Å². The number of amides is 1. The quantitative estimate of drug-likeness (QED) is 0.744. The van der Waals surface area contributed by atoms with Crippen molar-refractivity contribution in [1.82, 2.24) is 15.1 Å². The van der Waals surface area contributed by atoms with Crippen LogP contribution in [0.4, 0.5) is 0 Å². The predicted molar refractivity (Wildman–Crippen MR) is 71.4 cm³/mol. The third kappa shape index (κ3) is 2.54. The number of hydrogen-bond acceptors (Lipinski definition) is 3. The van der Waals surface area contributed by atoms with E-state index in [1.807, 2.05) is 0 Å². The monoisotopic (exact) mass is 251 g/mol. The van der Waals surface area contributed by atoms with Gasteiger partial charge >= 0.3 is 0 Å². The Kier molecular flexibility index (Phi) is 3.85. The van der Waals surface area contributed by atoms with Crippen molar-refractivity contribution in [1.29, 1.82) is 0 Å². The third-order valence-electron chi connectivity index (χ3n) is 4.76. The van der Waals surface area contributed by atoms with Crippen molar-refractivity contribution < 1.29 is 4.79 Å². The Balaban J connectivity index is 1.61. The van der Waals surface area contributed by atoms with E-state index >= 15 is 0 Å². The molecule has 102 valence electrons. The highest BCUT2D eigenvalue weighted by Crippen LogP contribution is 2.23. The molecule has 1 amide bonds. The largest absolute Gasteiger partial charge is 0.341 e. The van der Waals surface area contributed by atoms with E-state index in [0.717, 1.165) is 45.4 Å². The normalized spacial score (nSPS) is 34.1. The zero-order chi connectivity index (χ0) is 12.4. The summed E-state index contributed by atoms with van der Waals surface area (Å²) < 4.78 is 0. The smallest absolute Gasteiger partial charge is 0.227 e. The Morgan fingerprint density at radius 3 is 2.78 bits per heavy atom. The standard InChI is InChI=1S/C14H25N3O/c18-14(12-4-1-6-15-10-12)17-9-3-8-16-7-2-5-13(16)11-17/h12-13,15H,1-11H2/t12-,13?/m1/s1. The zero-order valence-electron chi connectivity index (χ0n) is 11.2. The maximum absolute atomic E-state index is 12.6. The van der Waals surface area contributed by atoms with Crippen molar-refractivity contribution in [3.63, 3.8) is 0 Å². The fourth-order valence-corrected chi connectivity index (χ4v) is 3.73. The number of hydrogen-bond donors (Lipinski definition) is 1. The molecule has 0 saturated carbocycles. The van der Waals surface area contributed by atoms with Crippen LogP contribution in [0.25, 0.3) is 0 Å². The molecular formula is C14H25N3O. The summed E-state index contributed by atoms with van der Waals surface area (Å²) in [5.74, 6) is 0.655. The van der Waals surface area contributed by atoms with E-state index in [4.69, 9.17) is 0 Å². The lowest BCUT2D eigenvalue weighted by Gasteiger charge is -2.30. The first-order chi connectivity index (χ1) is 8.84. The Morgan fingerprint density at radius 1 is 1.06 bits per heavy atom. The second kappa shape index (κ2) is 5.57. The van der Waals surface area contributed by atoms with Crippen LogP contribution in [0, 0.1) is 5.92 Å². The lowest BCUT2D eigenvalue weighted by atomic mass is 9.98. The first-order valence-electron chi connectivity index (χ1n) is 7.58. The summed E-state index contributed by atoms with van der Waals surface area (Å²) >= 11 is 0. The molecule has 3 rings (SSSR count). The van der Waals surface area contributed by atoms with Gasteiger partial charge in [-0.25, -0.2) is 0 Å². The van der Waals surface area contributed by atoms with E-state index < -0.39 is 0 Å². The highest BCUT2D eigenvalue weighted by Gasteiger charge is 2.33. The van der Waals surface area contributed by atoms with E-state index in [2.05, 4.69) is 15.1 Å². The third-order valence-corrected chi connectivity index (χ3v) is 4.76. The van der Waals surface area contributed by atoms with Gasteiger partial charge in [0.25, 0.3) is 0 Å². The molecule has 3 heterocycles. The number of rotatable bonds is 1. The molecule has 18 heavy (non-hydrogen) atoms. The number of carbonyl (C=O) groups excluding carboxylic acids is 1. The highest BCUT2D eigenvalue weighted by molar-refractivity contribution is 5.79. The molecule has 0 aromatic rings. The molecule has 1 unspecified atom stereocenters. The molecule has 0 radical (unpaired) electrons. The van der Waals surface area contributed by atoms with Gasteiger partial charge in [0.05, 0.1) is 5.92 Å². The summed E-state index contributed by atoms with van der Waals surface area (Å²) in [5, 5.41) is 3.36. The van der Waals surface area contributed by atoms with E-state index in [0.29, 0.717) is 11.9 Å². The van der Waals surface area contributed by atoms with Gasteiger partial charge in [-0.15, -0.1) is 0 Å². The van der Waals surface area contributed by atoms with Gasteiger partial charge in [0, 0.05) is 32.2 Å². The van der Waals surface area contributed by atoms with Crippen LogP contribution in [0.2, 0.25) is 0 Å². The molecule has 1 N–H and O–H groups in total. The second-order valence-corrected chi connectivity index (χ2v) is 6.01. The molecule has 3 saturated heterocycles. The minimum absolute atomic E-state index is 0.242. The average Bonchev–Trinajstić information content (AvgIpc) is 2.76. The maximum Gasteiger partial charge on any atom is 0.227 e. The summed E-state index contributed by atoms with van der Waals surface area (Å²) in [6.07, 6.45) is 5.99. The van der Waals surface area contributed by atoms with Crippen LogP contribution in [-0.4, -0.2) is 61.0 Å². The Hall–Kier alpha value is -0.610. The molecule has 4 nitrogen and oxygen atoms in total. The van der Waals surface area contributed by atoms with Crippen LogP contribution in [0.5, 0.6) is 0 Å². The average molecular weight is 251 g/mol. The van der Waals surface area contributed by atoms with Gasteiger partial charge in [0.15, 0.2) is 0 Å². The van der Waals surface area contributed by atoms with Gasteiger partial charge in [-0.1, -0.05) is 0 Å². The van der Waals surface area contributed by atoms with Crippen LogP contribution < -0.4 is 5.32 Å². The number of nitrogens with zero attached hydrogens (tertiary/aromatic N) is 2. The van der Waals surface area contributed by atoms with Crippen LogP contribution in [0.15, 0.2) is 0 Å². The van der Waals surface area contributed by atoms with Gasteiger partial charge in [-0.05, 0) is 45.2 Å². The molecule has 3 aliphatic rings. The Morgan fingerprint density at radius 2 is 1.94 bits per heavy atom. The summed E-state index contributed by atoms with van der Waals surface area (Å²) in [6, 6.07) is 0.646. The lowest BCUT2D eigenvalue weighted by molar-refractivity contribution is -0.136. The predicted octanol–water partition coefficient (Wildman–Crippen LogP) is 0.683. The van der Waals surface area contributed by atoms with Crippen molar-refractivity contribution in [3.05, 3.63) is 0 Å². The molecule has 2 atom stereocenters. The number of piperidine rings is 1. The van der Waals surface area contributed by atoms with E-state index in [1.165, 1.54) is 25.9 Å². The minimum atomic E-state index is 0.242. The second-order valence-electron chi connectivity index (χ2n) is 6.01. The molecule has 4 heteroatoms. The first kappa shape index (κ1) is 12.4. The van der Waals surface area contributed by atoms with Crippen LogP contribution in [-0.2, 0) is 4.79 Å². The molecule has 3 aliphatic heterocycles. The molecule has 0 spiro atoms. The van der Waals surface area contributed by atoms with E-state index in [1.54, 1.807) is 0 Å². The van der Waals surface area contributed by atoms with E-state index in [9.17, 15) is 4.79 Å². The Labute approximate surface area is 110 Å². The van der Waals surface area contributed by atoms with Crippen molar-refractivity contribution in [2.24, 2.45) is 5.92 Å². The fourth-order valence-electron chi connectivity index (χ4n) is 3.73. The van der Waals surface area contributed by atoms with Gasteiger partial charge in [-0.2, -0.15) is 0 Å². The molecule has 0 aromatic heterocycles. The number of carbonyl (C=O) groups is 1. The first-order valence-corrected chi connectivity index (χ1v) is 7.58. The van der Waals surface area contributed by atoms with Gasteiger partial charge in [-0.3, -0.25) is 9.69 Å². The topological polar surface area (TPSA) is 35.6 Å². The maximum atomic E-state index is 12.6. The van der Waals surface area contributed by atoms with Gasteiger partial charge < -0.3 is 10.2 Å². The van der Waals surface area contributed by atoms with Gasteiger partial charge in [0.2, 0.25) is 5.91 Å². The molecule has 3 fully saturated rings. The molecule has 0 aromatic carbocycles. The summed E-state index contributed by atoms with van der Waals surface area (Å²) in [6.45, 7) is 6.37. The molecular weight excluding hydrogens is 226 g/mol. The highest BCUT2D eigenvalue weighted by atomic mass is 16.2. The minimum Gasteiger partial charge on any atom is -0.341 e. The van der Waals surface area contributed by atoms with Crippen molar-refractivity contribution >= 4 is 5.91 Å². The van der Waals surface area contributed by atoms with Crippen LogP contribution in [0.1, 0.15) is 32.1 Å². The van der Waals surface area contributed by atoms with Crippen LogP contribution >= 0.6 is 0 Å². The fraction of sp³-hybridized carbons (Fsp3) is 0.929. The molecule has 0 aliphatic carbocycles. The van der Waals surface area contributed by atoms with Crippen molar-refractivity contribution in [2.75, 3.05) is 39.3 Å². The lowest BCUT2D eigenvalue weighted by Crippen LogP contribution is -2.46. The van der Waals surface area contributed by atoms with Crippen LogP contribution in [0.3, 0.4) is 0 Å². The van der Waals surface area contributed by atoms with Gasteiger partial charge in [0.1, 0.15) is 0 Å². The molecule has 0 bridgehead atoms. The number of nitrogens with one attached hydrogen (secondary N) is 1. The number of fused-ring (bicyclic) bond motifs is 1. The zero-order valence-corrected chi connectivity index (χ0v) is 11.2.